The fraction of sp³-hybridized carbons (Fsp3) is 0.136. The van der Waals surface area contributed by atoms with Crippen LogP contribution in [0.25, 0.3) is 10.6 Å². The van der Waals surface area contributed by atoms with Gasteiger partial charge >= 0.3 is 0 Å². The molecule has 0 atom stereocenters. The number of ether oxygens (including phenoxy) is 1. The highest BCUT2D eigenvalue weighted by atomic mass is 35.5. The number of rotatable bonds is 7. The van der Waals surface area contributed by atoms with Crippen molar-refractivity contribution in [3.05, 3.63) is 82.6 Å². The Morgan fingerprint density at radius 1 is 1.20 bits per heavy atom. The SMILES string of the molecule is Cc1nc(-c2ccc(Cl)cc2)sc1C(=O)Nc1cccc(OCCn2cccn2)c1. The number of halogens is 1. The van der Waals surface area contributed by atoms with E-state index in [1.165, 1.54) is 11.3 Å². The minimum atomic E-state index is -0.195. The van der Waals surface area contributed by atoms with Crippen LogP contribution in [0.1, 0.15) is 15.4 Å². The van der Waals surface area contributed by atoms with Gasteiger partial charge in [-0.15, -0.1) is 11.3 Å². The van der Waals surface area contributed by atoms with E-state index in [2.05, 4.69) is 15.4 Å². The third kappa shape index (κ3) is 4.87. The molecule has 0 spiro atoms. The maximum absolute atomic E-state index is 12.8. The number of aromatic nitrogens is 3. The molecular formula is C22H19ClN4O2S. The standard InChI is InChI=1S/C22H19ClN4O2S/c1-15-20(30-22(25-15)16-6-8-17(23)9-7-16)21(28)26-18-4-2-5-19(14-18)29-13-12-27-11-3-10-24-27/h2-11,14H,12-13H2,1H3,(H,26,28). The number of hydrogen-bond donors (Lipinski definition) is 1. The van der Waals surface area contributed by atoms with Gasteiger partial charge < -0.3 is 10.1 Å². The molecule has 2 aromatic carbocycles. The minimum absolute atomic E-state index is 0.195. The number of aryl methyl sites for hydroxylation is 1. The maximum Gasteiger partial charge on any atom is 0.267 e. The second-order valence-electron chi connectivity index (χ2n) is 6.54. The van der Waals surface area contributed by atoms with Crippen LogP contribution in [0.4, 0.5) is 5.69 Å². The Balaban J connectivity index is 1.42. The molecule has 0 unspecified atom stereocenters. The Bertz CT molecular complexity index is 1140. The van der Waals surface area contributed by atoms with Crippen molar-refractivity contribution in [1.29, 1.82) is 0 Å². The molecule has 0 aliphatic carbocycles. The number of thiazole rings is 1. The van der Waals surface area contributed by atoms with Crippen molar-refractivity contribution >= 4 is 34.5 Å². The smallest absolute Gasteiger partial charge is 0.267 e. The molecule has 4 rings (SSSR count). The molecule has 0 saturated carbocycles. The molecule has 1 N–H and O–H groups in total. The Hall–Kier alpha value is -3.16. The van der Waals surface area contributed by atoms with E-state index in [4.69, 9.17) is 16.3 Å². The number of hydrogen-bond acceptors (Lipinski definition) is 5. The summed E-state index contributed by atoms with van der Waals surface area (Å²) in [6.07, 6.45) is 3.62. The summed E-state index contributed by atoms with van der Waals surface area (Å²) in [5, 5.41) is 8.52. The van der Waals surface area contributed by atoms with E-state index in [1.807, 2.05) is 61.7 Å². The Morgan fingerprint density at radius 3 is 2.80 bits per heavy atom. The fourth-order valence-corrected chi connectivity index (χ4v) is 3.96. The van der Waals surface area contributed by atoms with Gasteiger partial charge in [0.05, 0.1) is 12.2 Å². The summed E-state index contributed by atoms with van der Waals surface area (Å²) in [4.78, 5) is 17.9. The molecule has 4 aromatic rings. The molecule has 30 heavy (non-hydrogen) atoms. The number of carbonyl (C=O) groups is 1. The van der Waals surface area contributed by atoms with Crippen LogP contribution in [0, 0.1) is 6.92 Å². The summed E-state index contributed by atoms with van der Waals surface area (Å²) >= 11 is 7.31. The highest BCUT2D eigenvalue weighted by molar-refractivity contribution is 7.17. The number of anilines is 1. The lowest BCUT2D eigenvalue weighted by Crippen LogP contribution is -2.12. The summed E-state index contributed by atoms with van der Waals surface area (Å²) in [5.74, 6) is 0.488. The summed E-state index contributed by atoms with van der Waals surface area (Å²) in [6.45, 7) is 2.97. The van der Waals surface area contributed by atoms with E-state index in [0.29, 0.717) is 40.2 Å². The van der Waals surface area contributed by atoms with Crippen molar-refractivity contribution in [3.63, 3.8) is 0 Å². The maximum atomic E-state index is 12.8. The minimum Gasteiger partial charge on any atom is -0.492 e. The first-order chi connectivity index (χ1) is 14.6. The second-order valence-corrected chi connectivity index (χ2v) is 7.98. The molecule has 0 bridgehead atoms. The number of carbonyl (C=O) groups excluding carboxylic acids is 1. The summed E-state index contributed by atoms with van der Waals surface area (Å²) in [5.41, 5.74) is 2.28. The zero-order valence-electron chi connectivity index (χ0n) is 16.2. The van der Waals surface area contributed by atoms with Crippen LogP contribution in [0.15, 0.2) is 67.0 Å². The van der Waals surface area contributed by atoms with Gasteiger partial charge in [-0.05, 0) is 37.3 Å². The first-order valence-corrected chi connectivity index (χ1v) is 10.5. The number of benzene rings is 2. The highest BCUT2D eigenvalue weighted by Gasteiger charge is 2.16. The average molecular weight is 439 g/mol. The van der Waals surface area contributed by atoms with Crippen molar-refractivity contribution in [2.75, 3.05) is 11.9 Å². The molecule has 152 valence electrons. The largest absolute Gasteiger partial charge is 0.492 e. The number of nitrogens with one attached hydrogen (secondary N) is 1. The lowest BCUT2D eigenvalue weighted by atomic mass is 10.2. The Morgan fingerprint density at radius 2 is 2.03 bits per heavy atom. The number of amides is 1. The van der Waals surface area contributed by atoms with Gasteiger partial charge in [-0.2, -0.15) is 5.10 Å². The van der Waals surface area contributed by atoms with Gasteiger partial charge in [-0.1, -0.05) is 29.8 Å². The topological polar surface area (TPSA) is 69.0 Å². The first-order valence-electron chi connectivity index (χ1n) is 9.33. The molecule has 1 amide bonds. The van der Waals surface area contributed by atoms with Gasteiger partial charge in [0, 0.05) is 34.7 Å². The molecule has 2 heterocycles. The highest BCUT2D eigenvalue weighted by Crippen LogP contribution is 2.29. The number of nitrogens with zero attached hydrogens (tertiary/aromatic N) is 3. The van der Waals surface area contributed by atoms with Crippen LogP contribution in [0.5, 0.6) is 5.75 Å². The van der Waals surface area contributed by atoms with E-state index in [-0.39, 0.29) is 5.91 Å². The predicted molar refractivity (Wildman–Crippen MR) is 119 cm³/mol. The molecule has 0 fully saturated rings. The van der Waals surface area contributed by atoms with Gasteiger partial charge in [-0.25, -0.2) is 4.98 Å². The second kappa shape index (κ2) is 9.11. The molecule has 6 nitrogen and oxygen atoms in total. The quantitative estimate of drug-likeness (QED) is 0.425. The van der Waals surface area contributed by atoms with Gasteiger partial charge in [0.15, 0.2) is 0 Å². The summed E-state index contributed by atoms with van der Waals surface area (Å²) < 4.78 is 7.57. The fourth-order valence-electron chi connectivity index (χ4n) is 2.86. The molecule has 0 aliphatic rings. The molecule has 0 saturated heterocycles. The molecule has 2 aromatic heterocycles. The third-order valence-electron chi connectivity index (χ3n) is 4.33. The van der Waals surface area contributed by atoms with E-state index in [1.54, 1.807) is 16.9 Å². The Labute approximate surface area is 183 Å². The Kier molecular flexibility index (Phi) is 6.11. The van der Waals surface area contributed by atoms with Crippen LogP contribution in [-0.4, -0.2) is 27.3 Å². The normalized spacial score (nSPS) is 10.7. The molecular weight excluding hydrogens is 420 g/mol. The van der Waals surface area contributed by atoms with Crippen molar-refractivity contribution < 1.29 is 9.53 Å². The van der Waals surface area contributed by atoms with Crippen LogP contribution < -0.4 is 10.1 Å². The van der Waals surface area contributed by atoms with E-state index < -0.39 is 0 Å². The van der Waals surface area contributed by atoms with Crippen LogP contribution >= 0.6 is 22.9 Å². The third-order valence-corrected chi connectivity index (χ3v) is 5.79. The summed E-state index contributed by atoms with van der Waals surface area (Å²) in [6, 6.07) is 16.6. The first kappa shape index (κ1) is 20.1. The molecule has 8 heteroatoms. The zero-order valence-corrected chi connectivity index (χ0v) is 17.8. The van der Waals surface area contributed by atoms with Crippen molar-refractivity contribution in [2.45, 2.75) is 13.5 Å². The molecule has 0 aliphatic heterocycles. The lowest BCUT2D eigenvalue weighted by molar-refractivity contribution is 0.103. The summed E-state index contributed by atoms with van der Waals surface area (Å²) in [7, 11) is 0. The van der Waals surface area contributed by atoms with E-state index in [9.17, 15) is 4.79 Å². The predicted octanol–water partition coefficient (Wildman–Crippen LogP) is 5.30. The van der Waals surface area contributed by atoms with Crippen molar-refractivity contribution in [2.24, 2.45) is 0 Å². The van der Waals surface area contributed by atoms with Crippen molar-refractivity contribution in [3.8, 4) is 16.3 Å². The average Bonchev–Trinajstić information content (AvgIpc) is 3.39. The van der Waals surface area contributed by atoms with Gasteiger partial charge in [0.2, 0.25) is 0 Å². The van der Waals surface area contributed by atoms with Gasteiger partial charge in [-0.3, -0.25) is 9.48 Å². The monoisotopic (exact) mass is 438 g/mol. The van der Waals surface area contributed by atoms with Crippen LogP contribution in [0.2, 0.25) is 5.02 Å². The van der Waals surface area contributed by atoms with Gasteiger partial charge in [0.1, 0.15) is 22.2 Å². The van der Waals surface area contributed by atoms with Crippen molar-refractivity contribution in [1.82, 2.24) is 14.8 Å². The van der Waals surface area contributed by atoms with Gasteiger partial charge in [0.25, 0.3) is 5.91 Å². The molecule has 0 radical (unpaired) electrons. The van der Waals surface area contributed by atoms with E-state index in [0.717, 1.165) is 10.6 Å². The van der Waals surface area contributed by atoms with Crippen LogP contribution in [-0.2, 0) is 6.54 Å². The lowest BCUT2D eigenvalue weighted by Gasteiger charge is -2.09. The van der Waals surface area contributed by atoms with Crippen LogP contribution in [0.3, 0.4) is 0 Å². The zero-order chi connectivity index (χ0) is 20.9. The van der Waals surface area contributed by atoms with E-state index >= 15 is 0 Å².